The minimum Gasteiger partial charge on any atom is -0.331 e. The van der Waals surface area contributed by atoms with Crippen LogP contribution in [0.25, 0.3) is 0 Å². The van der Waals surface area contributed by atoms with Gasteiger partial charge in [0.05, 0.1) is 5.75 Å². The number of nitrogens with zero attached hydrogens (tertiary/aromatic N) is 3. The molecular weight excluding hydrogens is 334 g/mol. The van der Waals surface area contributed by atoms with E-state index in [-0.39, 0.29) is 11.8 Å². The monoisotopic (exact) mass is 361 g/mol. The number of hydrogen-bond donors (Lipinski definition) is 0. The van der Waals surface area contributed by atoms with Crippen LogP contribution in [0.1, 0.15) is 48.3 Å². The largest absolute Gasteiger partial charge is 0.331 e. The summed E-state index contributed by atoms with van der Waals surface area (Å²) in [5.74, 6) is 1.10. The quantitative estimate of drug-likeness (QED) is 0.821. The van der Waals surface area contributed by atoms with E-state index in [4.69, 9.17) is 0 Å². The van der Waals surface area contributed by atoms with Crippen molar-refractivity contribution in [2.45, 2.75) is 51.8 Å². The molecular formula is C19H27N3O2S. The van der Waals surface area contributed by atoms with Gasteiger partial charge in [-0.15, -0.1) is 0 Å². The van der Waals surface area contributed by atoms with Crippen LogP contribution in [0.3, 0.4) is 0 Å². The highest BCUT2D eigenvalue weighted by atomic mass is 32.2. The smallest absolute Gasteiger partial charge is 0.218 e. The molecule has 0 spiro atoms. The van der Waals surface area contributed by atoms with Crippen LogP contribution in [-0.2, 0) is 22.2 Å². The fourth-order valence-corrected chi connectivity index (χ4v) is 5.14. The number of sulfonamides is 1. The molecule has 0 aliphatic carbocycles. The maximum absolute atomic E-state index is 12.9. The summed E-state index contributed by atoms with van der Waals surface area (Å²) in [5.41, 5.74) is 3.18. The highest BCUT2D eigenvalue weighted by molar-refractivity contribution is 7.88. The molecule has 0 saturated carbocycles. The molecule has 6 heteroatoms. The van der Waals surface area contributed by atoms with Gasteiger partial charge in [-0.3, -0.25) is 0 Å². The van der Waals surface area contributed by atoms with E-state index in [1.807, 2.05) is 38.2 Å². The molecule has 0 bridgehead atoms. The SMILES string of the molecule is CCc1nccn1[C@@H]1CCCN(S(=O)(=O)Cc2ccc(C)c(C)c2)C1. The van der Waals surface area contributed by atoms with Gasteiger partial charge in [0.25, 0.3) is 0 Å². The van der Waals surface area contributed by atoms with E-state index in [0.29, 0.717) is 13.1 Å². The zero-order valence-electron chi connectivity index (χ0n) is 15.3. The molecule has 1 aromatic heterocycles. The molecule has 0 unspecified atom stereocenters. The first-order valence-corrected chi connectivity index (χ1v) is 10.6. The predicted octanol–water partition coefficient (Wildman–Crippen LogP) is 3.23. The Labute approximate surface area is 150 Å². The van der Waals surface area contributed by atoms with Crippen LogP contribution in [-0.4, -0.2) is 35.4 Å². The fraction of sp³-hybridized carbons (Fsp3) is 0.526. The average Bonchev–Trinajstić information content (AvgIpc) is 3.07. The molecule has 5 nitrogen and oxygen atoms in total. The van der Waals surface area contributed by atoms with Gasteiger partial charge in [0, 0.05) is 37.9 Å². The predicted molar refractivity (Wildman–Crippen MR) is 100.0 cm³/mol. The van der Waals surface area contributed by atoms with Crippen molar-refractivity contribution in [3.63, 3.8) is 0 Å². The maximum Gasteiger partial charge on any atom is 0.218 e. The van der Waals surface area contributed by atoms with Crippen molar-refractivity contribution >= 4 is 10.0 Å². The zero-order valence-corrected chi connectivity index (χ0v) is 16.1. The Bertz CT molecular complexity index is 842. The Balaban J connectivity index is 1.76. The van der Waals surface area contributed by atoms with Gasteiger partial charge in [-0.25, -0.2) is 13.4 Å². The lowest BCUT2D eigenvalue weighted by atomic mass is 10.1. The van der Waals surface area contributed by atoms with E-state index in [9.17, 15) is 8.42 Å². The molecule has 1 aliphatic rings. The molecule has 1 aliphatic heterocycles. The number of piperidine rings is 1. The van der Waals surface area contributed by atoms with Crippen molar-refractivity contribution in [2.24, 2.45) is 0 Å². The van der Waals surface area contributed by atoms with Crippen LogP contribution in [0, 0.1) is 13.8 Å². The summed E-state index contributed by atoms with van der Waals surface area (Å²) in [6.45, 7) is 7.29. The van der Waals surface area contributed by atoms with Crippen molar-refractivity contribution in [3.8, 4) is 0 Å². The molecule has 25 heavy (non-hydrogen) atoms. The molecule has 1 atom stereocenters. The summed E-state index contributed by atoms with van der Waals surface area (Å²) in [6, 6.07) is 6.09. The minimum absolute atomic E-state index is 0.0748. The van der Waals surface area contributed by atoms with E-state index < -0.39 is 10.0 Å². The lowest BCUT2D eigenvalue weighted by Crippen LogP contribution is -2.41. The van der Waals surface area contributed by atoms with Crippen molar-refractivity contribution in [3.05, 3.63) is 53.1 Å². The fourth-order valence-electron chi connectivity index (χ4n) is 3.55. The van der Waals surface area contributed by atoms with Gasteiger partial charge in [0.15, 0.2) is 0 Å². The second-order valence-corrected chi connectivity index (χ2v) is 8.90. The lowest BCUT2D eigenvalue weighted by Gasteiger charge is -2.33. The number of imidazole rings is 1. The van der Waals surface area contributed by atoms with Gasteiger partial charge in [0.1, 0.15) is 5.82 Å². The number of hydrogen-bond acceptors (Lipinski definition) is 3. The number of aryl methyl sites for hydroxylation is 3. The van der Waals surface area contributed by atoms with Gasteiger partial charge in [0.2, 0.25) is 10.0 Å². The Morgan fingerprint density at radius 1 is 1.24 bits per heavy atom. The third kappa shape index (κ3) is 3.96. The van der Waals surface area contributed by atoms with Crippen molar-refractivity contribution < 1.29 is 8.42 Å². The summed E-state index contributed by atoms with van der Waals surface area (Å²) in [4.78, 5) is 4.38. The molecule has 1 aromatic carbocycles. The van der Waals surface area contributed by atoms with Crippen molar-refractivity contribution in [1.82, 2.24) is 13.9 Å². The van der Waals surface area contributed by atoms with Crippen LogP contribution in [0.2, 0.25) is 0 Å². The molecule has 2 aromatic rings. The van der Waals surface area contributed by atoms with Gasteiger partial charge >= 0.3 is 0 Å². The Kier molecular flexibility index (Phi) is 5.29. The topological polar surface area (TPSA) is 55.2 Å². The number of benzene rings is 1. The van der Waals surface area contributed by atoms with Crippen molar-refractivity contribution in [2.75, 3.05) is 13.1 Å². The zero-order chi connectivity index (χ0) is 18.0. The first-order valence-electron chi connectivity index (χ1n) is 8.96. The molecule has 3 rings (SSSR count). The Morgan fingerprint density at radius 2 is 2.04 bits per heavy atom. The Hall–Kier alpha value is -1.66. The maximum atomic E-state index is 12.9. The van der Waals surface area contributed by atoms with Crippen LogP contribution in [0.4, 0.5) is 0 Å². The standard InChI is InChI=1S/C19H27N3O2S/c1-4-19-20-9-11-22(19)18-6-5-10-21(13-18)25(23,24)14-17-8-7-15(2)16(3)12-17/h7-9,11-12,18H,4-6,10,13-14H2,1-3H3/t18-/m1/s1. The third-order valence-electron chi connectivity index (χ3n) is 5.13. The van der Waals surface area contributed by atoms with E-state index in [1.165, 1.54) is 5.56 Å². The van der Waals surface area contributed by atoms with Gasteiger partial charge in [-0.2, -0.15) is 4.31 Å². The van der Waals surface area contributed by atoms with E-state index in [2.05, 4.69) is 16.5 Å². The third-order valence-corrected chi connectivity index (χ3v) is 6.95. The van der Waals surface area contributed by atoms with E-state index >= 15 is 0 Å². The summed E-state index contributed by atoms with van der Waals surface area (Å²) in [7, 11) is -3.31. The first kappa shape index (κ1) is 18.1. The molecule has 2 heterocycles. The van der Waals surface area contributed by atoms with Crippen LogP contribution < -0.4 is 0 Å². The van der Waals surface area contributed by atoms with Crippen LogP contribution >= 0.6 is 0 Å². The summed E-state index contributed by atoms with van der Waals surface area (Å²) >= 11 is 0. The summed E-state index contributed by atoms with van der Waals surface area (Å²) in [5, 5.41) is 0. The average molecular weight is 362 g/mol. The summed E-state index contributed by atoms with van der Waals surface area (Å²) in [6.07, 6.45) is 6.53. The molecule has 0 radical (unpaired) electrons. The minimum atomic E-state index is -3.31. The van der Waals surface area contributed by atoms with Crippen LogP contribution in [0.15, 0.2) is 30.6 Å². The normalized spacial score (nSPS) is 19.2. The molecule has 1 saturated heterocycles. The lowest BCUT2D eigenvalue weighted by molar-refractivity contribution is 0.263. The molecule has 0 N–H and O–H groups in total. The summed E-state index contributed by atoms with van der Waals surface area (Å²) < 4.78 is 29.7. The second-order valence-electron chi connectivity index (χ2n) is 6.93. The van der Waals surface area contributed by atoms with E-state index in [0.717, 1.165) is 36.2 Å². The molecule has 136 valence electrons. The van der Waals surface area contributed by atoms with Crippen molar-refractivity contribution in [1.29, 1.82) is 0 Å². The number of rotatable bonds is 5. The molecule has 1 fully saturated rings. The van der Waals surface area contributed by atoms with Crippen LogP contribution in [0.5, 0.6) is 0 Å². The molecule has 0 amide bonds. The van der Waals surface area contributed by atoms with Gasteiger partial charge < -0.3 is 4.57 Å². The van der Waals surface area contributed by atoms with Gasteiger partial charge in [-0.1, -0.05) is 25.1 Å². The first-order chi connectivity index (χ1) is 11.9. The second kappa shape index (κ2) is 7.30. The van der Waals surface area contributed by atoms with Gasteiger partial charge in [-0.05, 0) is 43.4 Å². The number of aromatic nitrogens is 2. The highest BCUT2D eigenvalue weighted by Gasteiger charge is 2.30. The van der Waals surface area contributed by atoms with E-state index in [1.54, 1.807) is 10.5 Å². The Morgan fingerprint density at radius 3 is 2.76 bits per heavy atom. The highest BCUT2D eigenvalue weighted by Crippen LogP contribution is 2.26.